The fourth-order valence-electron chi connectivity index (χ4n) is 10.5. The third kappa shape index (κ3) is 28.9. The monoisotopic (exact) mass is 1020 g/mol. The molecule has 7 unspecified atom stereocenters. The molecular weight excluding hydrogens is 913 g/mol. The minimum Gasteiger partial charge on any atom is -0.494 e. The van der Waals surface area contributed by atoms with E-state index >= 15 is 0 Å². The predicted octanol–water partition coefficient (Wildman–Crippen LogP) is 17.9. The highest BCUT2D eigenvalue weighted by Crippen LogP contribution is 2.37. The van der Waals surface area contributed by atoms with E-state index in [2.05, 4.69) is 55.4 Å². The van der Waals surface area contributed by atoms with Crippen molar-refractivity contribution in [3.8, 4) is 17.2 Å². The third-order valence-corrected chi connectivity index (χ3v) is 14.8. The number of aliphatic hydroxyl groups excluding tert-OH is 1. The van der Waals surface area contributed by atoms with Crippen LogP contribution < -0.4 is 14.2 Å². The van der Waals surface area contributed by atoms with Gasteiger partial charge in [0.05, 0.1) is 49.3 Å². The third-order valence-electron chi connectivity index (χ3n) is 14.8. The number of rotatable bonds is 39. The molecule has 9 nitrogen and oxygen atoms in total. The van der Waals surface area contributed by atoms with Crippen LogP contribution in [0.4, 0.5) is 0 Å². The van der Waals surface area contributed by atoms with Gasteiger partial charge in [0.15, 0.2) is 12.6 Å². The van der Waals surface area contributed by atoms with E-state index in [9.17, 15) is 9.90 Å². The Morgan fingerprint density at radius 1 is 0.507 bits per heavy atom. The zero-order chi connectivity index (χ0) is 52.6. The SMILES string of the molecule is CCCCCCCCCCCCCCCC1OC(CC(O)CC2CC(C(C)(C)C)OC(CCCCCCCCCCOc3ccc(C(=O)Oc4ccc(OCCCCCC)cc4)cc3)O2)CC(CC(C)(C)C)O1. The van der Waals surface area contributed by atoms with E-state index < -0.39 is 12.1 Å². The number of esters is 1. The van der Waals surface area contributed by atoms with Gasteiger partial charge in [-0.15, -0.1) is 0 Å². The van der Waals surface area contributed by atoms with Crippen LogP contribution in [-0.2, 0) is 18.9 Å². The molecule has 0 amide bonds. The number of benzene rings is 2. The predicted molar refractivity (Wildman–Crippen MR) is 300 cm³/mol. The fourth-order valence-corrected chi connectivity index (χ4v) is 10.5. The maximum Gasteiger partial charge on any atom is 0.343 e. The number of carbonyl (C=O) groups is 1. The molecule has 2 saturated heterocycles. The molecule has 2 aliphatic rings. The summed E-state index contributed by atoms with van der Waals surface area (Å²) in [5.41, 5.74) is 0.659. The van der Waals surface area contributed by atoms with Gasteiger partial charge in [-0.25, -0.2) is 4.79 Å². The fraction of sp³-hybridized carbons (Fsp3) is 0.797. The van der Waals surface area contributed by atoms with Gasteiger partial charge in [0.2, 0.25) is 0 Å². The average Bonchev–Trinajstić information content (AvgIpc) is 3.34. The number of unbranched alkanes of at least 4 members (excludes halogenated alkanes) is 22. The van der Waals surface area contributed by atoms with Crippen LogP contribution in [0.15, 0.2) is 48.5 Å². The zero-order valence-electron chi connectivity index (χ0n) is 47.9. The molecule has 0 spiro atoms. The Labute approximate surface area is 446 Å². The highest BCUT2D eigenvalue weighted by molar-refractivity contribution is 5.91. The standard InChI is InChI=1S/C64H108O9/c1-9-11-13-15-16-17-18-19-20-21-24-27-30-34-60-69-56(48-58(71-60)50-63(3,4)5)46-52(65)47-57-49-59(64(6,7)8)73-61(70-57)35-31-28-25-22-23-26-29-33-45-67-53-38-36-51(37-39-53)62(66)72-55-42-40-54(41-43-55)68-44-32-14-12-10-2/h36-43,52,56-61,65H,9-35,44-50H2,1-8H3. The van der Waals surface area contributed by atoms with E-state index in [-0.39, 0.29) is 47.8 Å². The van der Waals surface area contributed by atoms with Crippen LogP contribution >= 0.6 is 0 Å². The van der Waals surface area contributed by atoms with Crippen LogP contribution in [0.3, 0.4) is 0 Å². The molecule has 2 heterocycles. The molecule has 0 radical (unpaired) electrons. The van der Waals surface area contributed by atoms with Crippen molar-refractivity contribution in [2.45, 2.75) is 304 Å². The number of carbonyl (C=O) groups excluding carboxylic acids is 1. The summed E-state index contributed by atoms with van der Waals surface area (Å²) in [5, 5.41) is 11.6. The van der Waals surface area contributed by atoms with Gasteiger partial charge in [-0.3, -0.25) is 0 Å². The molecule has 2 aromatic carbocycles. The molecule has 0 saturated carbocycles. The van der Waals surface area contributed by atoms with Crippen LogP contribution in [-0.4, -0.2) is 67.4 Å². The lowest BCUT2D eigenvalue weighted by molar-refractivity contribution is -0.270. The molecule has 2 aromatic rings. The van der Waals surface area contributed by atoms with E-state index in [0.717, 1.165) is 75.7 Å². The maximum atomic E-state index is 12.7. The quantitative estimate of drug-likeness (QED) is 0.0398. The topological polar surface area (TPSA) is 102 Å². The molecule has 0 aromatic heterocycles. The van der Waals surface area contributed by atoms with Crippen LogP contribution in [0.25, 0.3) is 0 Å². The van der Waals surface area contributed by atoms with Gasteiger partial charge in [-0.2, -0.15) is 0 Å². The van der Waals surface area contributed by atoms with Crippen molar-refractivity contribution in [3.63, 3.8) is 0 Å². The second kappa shape index (κ2) is 36.4. The van der Waals surface area contributed by atoms with E-state index in [1.54, 1.807) is 24.3 Å². The van der Waals surface area contributed by atoms with Crippen molar-refractivity contribution >= 4 is 5.97 Å². The van der Waals surface area contributed by atoms with Gasteiger partial charge in [0.1, 0.15) is 17.2 Å². The van der Waals surface area contributed by atoms with Crippen molar-refractivity contribution in [1.82, 2.24) is 0 Å². The molecule has 2 fully saturated rings. The lowest BCUT2D eigenvalue weighted by atomic mass is 9.83. The molecule has 1 N–H and O–H groups in total. The first-order valence-corrected chi connectivity index (χ1v) is 30.2. The Morgan fingerprint density at radius 2 is 0.890 bits per heavy atom. The van der Waals surface area contributed by atoms with Gasteiger partial charge in [-0.1, -0.05) is 190 Å². The average molecular weight is 1020 g/mol. The smallest absolute Gasteiger partial charge is 0.343 e. The molecule has 0 bridgehead atoms. The van der Waals surface area contributed by atoms with E-state index in [0.29, 0.717) is 37.4 Å². The van der Waals surface area contributed by atoms with Crippen LogP contribution in [0.5, 0.6) is 17.2 Å². The van der Waals surface area contributed by atoms with Crippen LogP contribution in [0.2, 0.25) is 0 Å². The molecule has 73 heavy (non-hydrogen) atoms. The summed E-state index contributed by atoms with van der Waals surface area (Å²) in [6.07, 6.45) is 36.4. The van der Waals surface area contributed by atoms with Crippen LogP contribution in [0, 0.1) is 10.8 Å². The molecule has 2 aliphatic heterocycles. The Kier molecular flexibility index (Phi) is 31.3. The van der Waals surface area contributed by atoms with Gasteiger partial charge < -0.3 is 38.3 Å². The normalized spacial score (nSPS) is 21.0. The van der Waals surface area contributed by atoms with Gasteiger partial charge in [0.25, 0.3) is 0 Å². The minimum absolute atomic E-state index is 0.000885. The van der Waals surface area contributed by atoms with Crippen molar-refractivity contribution in [1.29, 1.82) is 0 Å². The Balaban J connectivity index is 1.06. The van der Waals surface area contributed by atoms with Crippen molar-refractivity contribution in [2.24, 2.45) is 10.8 Å². The van der Waals surface area contributed by atoms with Gasteiger partial charge in [-0.05, 0) is 117 Å². The number of hydrogen-bond acceptors (Lipinski definition) is 9. The largest absolute Gasteiger partial charge is 0.494 e. The number of ether oxygens (including phenoxy) is 7. The molecular formula is C64H108O9. The Hall–Kier alpha value is -2.69. The number of hydrogen-bond donors (Lipinski definition) is 1. The second-order valence-electron chi connectivity index (χ2n) is 24.3. The molecule has 9 heteroatoms. The molecule has 0 aliphatic carbocycles. The molecule has 7 atom stereocenters. The molecule has 4 rings (SSSR count). The Bertz CT molecular complexity index is 1670. The van der Waals surface area contributed by atoms with E-state index in [1.807, 2.05) is 24.3 Å². The first kappa shape index (κ1) is 62.8. The van der Waals surface area contributed by atoms with Crippen molar-refractivity contribution in [2.75, 3.05) is 13.2 Å². The summed E-state index contributed by atoms with van der Waals surface area (Å²) in [4.78, 5) is 12.7. The highest BCUT2D eigenvalue weighted by Gasteiger charge is 2.39. The lowest BCUT2D eigenvalue weighted by Gasteiger charge is -2.42. The summed E-state index contributed by atoms with van der Waals surface area (Å²) in [6.45, 7) is 19.5. The number of aliphatic hydroxyl groups is 1. The summed E-state index contributed by atoms with van der Waals surface area (Å²) in [6, 6.07) is 14.4. The summed E-state index contributed by atoms with van der Waals surface area (Å²) >= 11 is 0. The van der Waals surface area contributed by atoms with E-state index in [1.165, 1.54) is 128 Å². The first-order chi connectivity index (χ1) is 35.2. The van der Waals surface area contributed by atoms with Crippen molar-refractivity contribution < 1.29 is 43.1 Å². The summed E-state index contributed by atoms with van der Waals surface area (Å²) < 4.78 is 43.7. The molecule has 418 valence electrons. The summed E-state index contributed by atoms with van der Waals surface area (Å²) in [7, 11) is 0. The first-order valence-electron chi connectivity index (χ1n) is 30.2. The zero-order valence-corrected chi connectivity index (χ0v) is 47.9. The van der Waals surface area contributed by atoms with Gasteiger partial charge in [0, 0.05) is 12.8 Å². The second-order valence-corrected chi connectivity index (χ2v) is 24.3. The van der Waals surface area contributed by atoms with Gasteiger partial charge >= 0.3 is 5.97 Å². The highest BCUT2D eigenvalue weighted by atomic mass is 16.7. The Morgan fingerprint density at radius 3 is 1.36 bits per heavy atom. The minimum atomic E-state index is -0.489. The summed E-state index contributed by atoms with van der Waals surface area (Å²) in [5.74, 6) is 1.65. The maximum absolute atomic E-state index is 12.7. The van der Waals surface area contributed by atoms with Crippen molar-refractivity contribution in [3.05, 3.63) is 54.1 Å². The lowest BCUT2D eigenvalue weighted by Crippen LogP contribution is -2.45. The van der Waals surface area contributed by atoms with E-state index in [4.69, 9.17) is 33.2 Å². The van der Waals surface area contributed by atoms with Crippen LogP contribution in [0.1, 0.15) is 271 Å².